The first kappa shape index (κ1) is 15.9. The quantitative estimate of drug-likeness (QED) is 0.671. The van der Waals surface area contributed by atoms with Crippen molar-refractivity contribution < 1.29 is 23.5 Å². The van der Waals surface area contributed by atoms with E-state index in [9.17, 15) is 18.4 Å². The lowest BCUT2D eigenvalue weighted by atomic mass is 10.2. The molecule has 3 N–H and O–H groups in total. The van der Waals surface area contributed by atoms with Crippen LogP contribution < -0.4 is 10.6 Å². The number of benzene rings is 1. The Morgan fingerprint density at radius 3 is 2.55 bits per heavy atom. The molecule has 0 radical (unpaired) electrons. The Morgan fingerprint density at radius 1 is 1.15 bits per heavy atom. The first-order valence-corrected chi connectivity index (χ1v) is 6.16. The van der Waals surface area contributed by atoms with Gasteiger partial charge in [-0.2, -0.15) is 0 Å². The molecule has 0 saturated heterocycles. The number of carbonyl (C=O) groups excluding carboxylic acids is 1. The summed E-state index contributed by atoms with van der Waals surface area (Å²) in [5, 5.41) is 13.4. The molecular weight excluding hydrogens is 270 g/mol. The van der Waals surface area contributed by atoms with Gasteiger partial charge >= 0.3 is 12.0 Å². The van der Waals surface area contributed by atoms with Gasteiger partial charge in [0.25, 0.3) is 0 Å². The highest BCUT2D eigenvalue weighted by molar-refractivity contribution is 5.73. The van der Waals surface area contributed by atoms with Gasteiger partial charge in [-0.1, -0.05) is 6.07 Å². The second-order valence-corrected chi connectivity index (χ2v) is 4.20. The van der Waals surface area contributed by atoms with E-state index in [0.29, 0.717) is 19.4 Å². The third-order valence-corrected chi connectivity index (χ3v) is 2.56. The monoisotopic (exact) mass is 286 g/mol. The fraction of sp³-hybridized carbons (Fsp3) is 0.385. The number of urea groups is 1. The molecule has 110 valence electrons. The number of nitrogens with one attached hydrogen (secondary N) is 2. The SMILES string of the molecule is O=C(O)CCCCNC(=O)NCc1ccc(F)cc1F. The Kier molecular flexibility index (Phi) is 6.42. The third kappa shape index (κ3) is 6.12. The fourth-order valence-corrected chi connectivity index (χ4v) is 1.51. The summed E-state index contributed by atoms with van der Waals surface area (Å²) >= 11 is 0. The minimum atomic E-state index is -0.874. The Hall–Kier alpha value is -2.18. The average Bonchev–Trinajstić information content (AvgIpc) is 2.37. The normalized spacial score (nSPS) is 10.1. The number of carboxylic acid groups (broad SMARTS) is 1. The molecule has 20 heavy (non-hydrogen) atoms. The van der Waals surface area contributed by atoms with Gasteiger partial charge in [-0.3, -0.25) is 4.79 Å². The Labute approximate surface area is 115 Å². The number of hydrogen-bond acceptors (Lipinski definition) is 2. The molecule has 0 spiro atoms. The summed E-state index contributed by atoms with van der Waals surface area (Å²) in [4.78, 5) is 21.6. The second kappa shape index (κ2) is 8.08. The average molecular weight is 286 g/mol. The van der Waals surface area contributed by atoms with E-state index in [0.717, 1.165) is 12.1 Å². The van der Waals surface area contributed by atoms with Crippen molar-refractivity contribution in [1.29, 1.82) is 0 Å². The van der Waals surface area contributed by atoms with E-state index in [4.69, 9.17) is 5.11 Å². The number of carbonyl (C=O) groups is 2. The van der Waals surface area contributed by atoms with Crippen molar-refractivity contribution in [2.75, 3.05) is 6.54 Å². The molecule has 7 heteroatoms. The summed E-state index contributed by atoms with van der Waals surface area (Å²) in [6.07, 6.45) is 1.08. The van der Waals surface area contributed by atoms with Crippen LogP contribution in [0.15, 0.2) is 18.2 Å². The maximum atomic E-state index is 13.3. The van der Waals surface area contributed by atoms with Crippen LogP contribution in [-0.2, 0) is 11.3 Å². The van der Waals surface area contributed by atoms with E-state index in [1.165, 1.54) is 6.07 Å². The fourth-order valence-electron chi connectivity index (χ4n) is 1.51. The molecule has 2 amide bonds. The van der Waals surface area contributed by atoms with Crippen molar-refractivity contribution in [2.45, 2.75) is 25.8 Å². The van der Waals surface area contributed by atoms with Crippen molar-refractivity contribution in [3.05, 3.63) is 35.4 Å². The predicted octanol–water partition coefficient (Wildman–Crippen LogP) is 2.02. The zero-order valence-corrected chi connectivity index (χ0v) is 10.8. The van der Waals surface area contributed by atoms with E-state index in [-0.39, 0.29) is 18.5 Å². The molecule has 0 unspecified atom stereocenters. The van der Waals surface area contributed by atoms with Crippen LogP contribution in [0.25, 0.3) is 0 Å². The molecular formula is C13H16F2N2O3. The van der Waals surface area contributed by atoms with Crippen LogP contribution in [-0.4, -0.2) is 23.7 Å². The van der Waals surface area contributed by atoms with Gasteiger partial charge < -0.3 is 15.7 Å². The predicted molar refractivity (Wildman–Crippen MR) is 68.1 cm³/mol. The van der Waals surface area contributed by atoms with Crippen molar-refractivity contribution in [3.8, 4) is 0 Å². The standard InChI is InChI=1S/C13H16F2N2O3/c14-10-5-4-9(11(15)7-10)8-17-13(20)16-6-2-1-3-12(18)19/h4-5,7H,1-3,6,8H2,(H,18,19)(H2,16,17,20). The van der Waals surface area contributed by atoms with Crippen molar-refractivity contribution in [2.24, 2.45) is 0 Å². The van der Waals surface area contributed by atoms with Crippen LogP contribution in [0.2, 0.25) is 0 Å². The van der Waals surface area contributed by atoms with E-state index >= 15 is 0 Å². The highest BCUT2D eigenvalue weighted by Crippen LogP contribution is 2.08. The molecule has 0 aromatic heterocycles. The first-order valence-electron chi connectivity index (χ1n) is 6.16. The highest BCUT2D eigenvalue weighted by Gasteiger charge is 2.05. The lowest BCUT2D eigenvalue weighted by molar-refractivity contribution is -0.137. The number of hydrogen-bond donors (Lipinski definition) is 3. The van der Waals surface area contributed by atoms with Gasteiger partial charge in [0.2, 0.25) is 0 Å². The van der Waals surface area contributed by atoms with Gasteiger partial charge in [-0.15, -0.1) is 0 Å². The Morgan fingerprint density at radius 2 is 1.90 bits per heavy atom. The van der Waals surface area contributed by atoms with Gasteiger partial charge in [-0.25, -0.2) is 13.6 Å². The molecule has 0 heterocycles. The van der Waals surface area contributed by atoms with Crippen LogP contribution in [0.3, 0.4) is 0 Å². The largest absolute Gasteiger partial charge is 0.481 e. The smallest absolute Gasteiger partial charge is 0.315 e. The summed E-state index contributed by atoms with van der Waals surface area (Å²) in [6, 6.07) is 2.65. The topological polar surface area (TPSA) is 78.4 Å². The minimum absolute atomic E-state index is 0.0485. The summed E-state index contributed by atoms with van der Waals surface area (Å²) in [5.41, 5.74) is 0.187. The highest BCUT2D eigenvalue weighted by atomic mass is 19.1. The molecule has 0 bridgehead atoms. The first-order chi connectivity index (χ1) is 9.49. The molecule has 1 aromatic carbocycles. The van der Waals surface area contributed by atoms with Crippen LogP contribution in [0, 0.1) is 11.6 Å². The molecule has 0 fully saturated rings. The lowest BCUT2D eigenvalue weighted by Gasteiger charge is -2.08. The van der Waals surface area contributed by atoms with E-state index in [1.54, 1.807) is 0 Å². The number of unbranched alkanes of at least 4 members (excludes halogenated alkanes) is 1. The number of halogens is 2. The molecule has 0 saturated carbocycles. The number of aliphatic carboxylic acids is 1. The van der Waals surface area contributed by atoms with Gasteiger partial charge in [0.05, 0.1) is 0 Å². The molecule has 1 aromatic rings. The number of rotatable bonds is 7. The van der Waals surface area contributed by atoms with E-state index < -0.39 is 23.6 Å². The van der Waals surface area contributed by atoms with Gasteiger partial charge in [-0.05, 0) is 18.9 Å². The summed E-state index contributed by atoms with van der Waals surface area (Å²) < 4.78 is 25.9. The maximum Gasteiger partial charge on any atom is 0.315 e. The summed E-state index contributed by atoms with van der Waals surface area (Å²) in [5.74, 6) is -2.26. The van der Waals surface area contributed by atoms with Crippen molar-refractivity contribution >= 4 is 12.0 Å². The molecule has 1 rings (SSSR count). The summed E-state index contributed by atoms with van der Waals surface area (Å²) in [6.45, 7) is 0.290. The van der Waals surface area contributed by atoms with E-state index in [2.05, 4.69) is 10.6 Å². The molecule has 0 aliphatic rings. The number of carboxylic acids is 1. The molecule has 0 aliphatic carbocycles. The minimum Gasteiger partial charge on any atom is -0.481 e. The second-order valence-electron chi connectivity index (χ2n) is 4.20. The van der Waals surface area contributed by atoms with Crippen molar-refractivity contribution in [3.63, 3.8) is 0 Å². The molecule has 0 atom stereocenters. The maximum absolute atomic E-state index is 13.3. The van der Waals surface area contributed by atoms with Gasteiger partial charge in [0, 0.05) is 31.1 Å². The zero-order valence-electron chi connectivity index (χ0n) is 10.8. The lowest BCUT2D eigenvalue weighted by Crippen LogP contribution is -2.35. The van der Waals surface area contributed by atoms with Crippen LogP contribution in [0.5, 0.6) is 0 Å². The Bertz CT molecular complexity index is 481. The van der Waals surface area contributed by atoms with Gasteiger partial charge in [0.1, 0.15) is 11.6 Å². The third-order valence-electron chi connectivity index (χ3n) is 2.56. The van der Waals surface area contributed by atoms with Crippen LogP contribution in [0.4, 0.5) is 13.6 Å². The molecule has 5 nitrogen and oxygen atoms in total. The van der Waals surface area contributed by atoms with Crippen LogP contribution in [0.1, 0.15) is 24.8 Å². The van der Waals surface area contributed by atoms with Gasteiger partial charge in [0.15, 0.2) is 0 Å². The van der Waals surface area contributed by atoms with E-state index in [1.807, 2.05) is 0 Å². The summed E-state index contributed by atoms with van der Waals surface area (Å²) in [7, 11) is 0. The zero-order chi connectivity index (χ0) is 15.0. The number of amides is 2. The molecule has 0 aliphatic heterocycles. The Balaban J connectivity index is 2.21. The van der Waals surface area contributed by atoms with Crippen molar-refractivity contribution in [1.82, 2.24) is 10.6 Å². The van der Waals surface area contributed by atoms with Crippen LogP contribution >= 0.6 is 0 Å².